The first kappa shape index (κ1) is 14.5. The third kappa shape index (κ3) is 3.14. The number of benzene rings is 2. The molecule has 104 valence electrons. The number of ether oxygens (including phenoxy) is 1. The van der Waals surface area contributed by atoms with Crippen molar-refractivity contribution in [3.63, 3.8) is 0 Å². The van der Waals surface area contributed by atoms with Crippen molar-refractivity contribution in [1.29, 1.82) is 0 Å². The Bertz CT molecular complexity index is 644. The Morgan fingerprint density at radius 3 is 2.45 bits per heavy atom. The second kappa shape index (κ2) is 6.00. The highest BCUT2D eigenvalue weighted by atomic mass is 79.9. The Morgan fingerprint density at radius 2 is 1.85 bits per heavy atom. The summed E-state index contributed by atoms with van der Waals surface area (Å²) < 4.78 is 30.1. The van der Waals surface area contributed by atoms with Gasteiger partial charge in [-0.3, -0.25) is 0 Å². The SMILES string of the molecule is O=C(O)c1ccc(-c2ccccc2Br)c(OC(F)F)c1. The molecule has 0 radical (unpaired) electrons. The summed E-state index contributed by atoms with van der Waals surface area (Å²) in [5.74, 6) is -1.38. The van der Waals surface area contributed by atoms with Crippen LogP contribution in [0.5, 0.6) is 5.75 Å². The molecule has 0 saturated heterocycles. The van der Waals surface area contributed by atoms with Gasteiger partial charge < -0.3 is 9.84 Å². The Balaban J connectivity index is 2.57. The van der Waals surface area contributed by atoms with Gasteiger partial charge in [-0.1, -0.05) is 34.1 Å². The highest BCUT2D eigenvalue weighted by Crippen LogP contribution is 2.36. The molecule has 2 rings (SSSR count). The van der Waals surface area contributed by atoms with E-state index in [2.05, 4.69) is 20.7 Å². The largest absolute Gasteiger partial charge is 0.478 e. The van der Waals surface area contributed by atoms with Crippen LogP contribution in [-0.4, -0.2) is 17.7 Å². The molecule has 6 heteroatoms. The van der Waals surface area contributed by atoms with Crippen LogP contribution < -0.4 is 4.74 Å². The van der Waals surface area contributed by atoms with Crippen LogP contribution in [0.3, 0.4) is 0 Å². The van der Waals surface area contributed by atoms with Crippen LogP contribution in [0.4, 0.5) is 8.78 Å². The molecule has 0 heterocycles. The molecule has 0 spiro atoms. The van der Waals surface area contributed by atoms with Gasteiger partial charge in [0.2, 0.25) is 0 Å². The highest BCUT2D eigenvalue weighted by molar-refractivity contribution is 9.10. The van der Waals surface area contributed by atoms with Gasteiger partial charge in [-0.25, -0.2) is 4.79 Å². The lowest BCUT2D eigenvalue weighted by atomic mass is 10.0. The zero-order valence-electron chi connectivity index (χ0n) is 10.0. The molecule has 0 saturated carbocycles. The average molecular weight is 343 g/mol. The zero-order valence-corrected chi connectivity index (χ0v) is 11.6. The summed E-state index contributed by atoms with van der Waals surface area (Å²) in [6.45, 7) is -3.03. The number of hydrogen-bond donors (Lipinski definition) is 1. The fourth-order valence-electron chi connectivity index (χ4n) is 1.75. The molecule has 2 aromatic carbocycles. The van der Waals surface area contributed by atoms with E-state index in [0.29, 0.717) is 15.6 Å². The summed E-state index contributed by atoms with van der Waals surface area (Å²) in [6.07, 6.45) is 0. The molecular weight excluding hydrogens is 334 g/mol. The molecule has 1 N–H and O–H groups in total. The Labute approximate surface area is 121 Å². The summed E-state index contributed by atoms with van der Waals surface area (Å²) in [7, 11) is 0. The number of carboxylic acid groups (broad SMARTS) is 1. The lowest BCUT2D eigenvalue weighted by Gasteiger charge is -2.13. The number of aromatic carboxylic acids is 1. The summed E-state index contributed by atoms with van der Waals surface area (Å²) in [5, 5.41) is 8.91. The van der Waals surface area contributed by atoms with Crippen LogP contribution in [0.1, 0.15) is 10.4 Å². The minimum atomic E-state index is -3.03. The average Bonchev–Trinajstić information content (AvgIpc) is 2.39. The Hall–Kier alpha value is -1.95. The summed E-state index contributed by atoms with van der Waals surface area (Å²) in [6, 6.07) is 10.9. The van der Waals surface area contributed by atoms with E-state index < -0.39 is 12.6 Å². The van der Waals surface area contributed by atoms with E-state index in [-0.39, 0.29) is 11.3 Å². The number of rotatable bonds is 4. The first-order valence-corrected chi connectivity index (χ1v) is 6.35. The van der Waals surface area contributed by atoms with E-state index in [1.807, 2.05) is 0 Å². The maximum atomic E-state index is 12.5. The normalized spacial score (nSPS) is 10.6. The number of carboxylic acids is 1. The van der Waals surface area contributed by atoms with Gasteiger partial charge in [0.15, 0.2) is 0 Å². The molecule has 0 aliphatic rings. The van der Waals surface area contributed by atoms with Crippen molar-refractivity contribution in [3.05, 3.63) is 52.5 Å². The second-order valence-corrected chi connectivity index (χ2v) is 4.73. The molecule has 0 aliphatic carbocycles. The molecule has 2 aromatic rings. The van der Waals surface area contributed by atoms with Crippen LogP contribution >= 0.6 is 15.9 Å². The summed E-state index contributed by atoms with van der Waals surface area (Å²) in [4.78, 5) is 10.9. The number of alkyl halides is 2. The van der Waals surface area contributed by atoms with E-state index in [4.69, 9.17) is 5.11 Å². The monoisotopic (exact) mass is 342 g/mol. The predicted molar refractivity (Wildman–Crippen MR) is 73.2 cm³/mol. The third-order valence-electron chi connectivity index (χ3n) is 2.61. The van der Waals surface area contributed by atoms with Crippen LogP contribution in [0.25, 0.3) is 11.1 Å². The molecule has 0 aromatic heterocycles. The zero-order chi connectivity index (χ0) is 14.7. The molecular formula is C14H9BrF2O3. The van der Waals surface area contributed by atoms with Gasteiger partial charge in [-0.05, 0) is 29.8 Å². The van der Waals surface area contributed by atoms with E-state index >= 15 is 0 Å². The lowest BCUT2D eigenvalue weighted by molar-refractivity contribution is -0.0495. The number of carbonyl (C=O) groups is 1. The topological polar surface area (TPSA) is 46.5 Å². The summed E-state index contributed by atoms with van der Waals surface area (Å²) >= 11 is 3.32. The van der Waals surface area contributed by atoms with Gasteiger partial charge in [-0.15, -0.1) is 0 Å². The van der Waals surface area contributed by atoms with Crippen molar-refractivity contribution in [2.45, 2.75) is 6.61 Å². The third-order valence-corrected chi connectivity index (χ3v) is 3.30. The quantitative estimate of drug-likeness (QED) is 0.894. The Morgan fingerprint density at radius 1 is 1.15 bits per heavy atom. The maximum absolute atomic E-state index is 12.5. The van der Waals surface area contributed by atoms with Gasteiger partial charge in [0.25, 0.3) is 0 Å². The van der Waals surface area contributed by atoms with E-state index in [1.54, 1.807) is 24.3 Å². The van der Waals surface area contributed by atoms with Gasteiger partial charge in [0, 0.05) is 10.0 Å². The van der Waals surface area contributed by atoms with Gasteiger partial charge in [-0.2, -0.15) is 8.78 Å². The van der Waals surface area contributed by atoms with Crippen molar-refractivity contribution in [2.75, 3.05) is 0 Å². The van der Waals surface area contributed by atoms with Crippen LogP contribution in [0, 0.1) is 0 Å². The number of hydrogen-bond acceptors (Lipinski definition) is 2. The minimum Gasteiger partial charge on any atom is -0.478 e. The standard InChI is InChI=1S/C14H9BrF2O3/c15-11-4-2-1-3-9(11)10-6-5-8(13(18)19)7-12(10)20-14(16)17/h1-7,14H,(H,18,19). The van der Waals surface area contributed by atoms with Crippen molar-refractivity contribution >= 4 is 21.9 Å². The first-order valence-electron chi connectivity index (χ1n) is 5.56. The maximum Gasteiger partial charge on any atom is 0.387 e. The van der Waals surface area contributed by atoms with Gasteiger partial charge >= 0.3 is 12.6 Å². The Kier molecular flexibility index (Phi) is 4.34. The second-order valence-electron chi connectivity index (χ2n) is 3.87. The molecule has 3 nitrogen and oxygen atoms in total. The molecule has 0 unspecified atom stereocenters. The van der Waals surface area contributed by atoms with Crippen molar-refractivity contribution < 1.29 is 23.4 Å². The fraction of sp³-hybridized carbons (Fsp3) is 0.0714. The number of halogens is 3. The van der Waals surface area contributed by atoms with E-state index in [1.165, 1.54) is 12.1 Å². The van der Waals surface area contributed by atoms with Gasteiger partial charge in [0.1, 0.15) is 5.75 Å². The van der Waals surface area contributed by atoms with Crippen LogP contribution in [0.15, 0.2) is 46.9 Å². The molecule has 0 amide bonds. The predicted octanol–water partition coefficient (Wildman–Crippen LogP) is 4.42. The first-order chi connectivity index (χ1) is 9.49. The summed E-state index contributed by atoms with van der Waals surface area (Å²) in [5.41, 5.74) is 0.916. The molecule has 0 aliphatic heterocycles. The smallest absolute Gasteiger partial charge is 0.387 e. The van der Waals surface area contributed by atoms with Crippen molar-refractivity contribution in [3.8, 4) is 16.9 Å². The fourth-order valence-corrected chi connectivity index (χ4v) is 2.25. The van der Waals surface area contributed by atoms with Crippen LogP contribution in [0.2, 0.25) is 0 Å². The van der Waals surface area contributed by atoms with Crippen LogP contribution in [-0.2, 0) is 0 Å². The highest BCUT2D eigenvalue weighted by Gasteiger charge is 2.16. The van der Waals surface area contributed by atoms with Crippen molar-refractivity contribution in [2.24, 2.45) is 0 Å². The van der Waals surface area contributed by atoms with Gasteiger partial charge in [0.05, 0.1) is 5.56 Å². The molecule has 20 heavy (non-hydrogen) atoms. The minimum absolute atomic E-state index is 0.114. The van der Waals surface area contributed by atoms with Crippen molar-refractivity contribution in [1.82, 2.24) is 0 Å². The molecule has 0 bridgehead atoms. The lowest BCUT2D eigenvalue weighted by Crippen LogP contribution is -2.05. The molecule has 0 atom stereocenters. The van der Waals surface area contributed by atoms with E-state index in [0.717, 1.165) is 6.07 Å². The van der Waals surface area contributed by atoms with E-state index in [9.17, 15) is 13.6 Å². The molecule has 0 fully saturated rings.